The molecule has 7 heteroatoms. The average Bonchev–Trinajstić information content (AvgIpc) is 2.53. The second-order valence-electron chi connectivity index (χ2n) is 5.11. The zero-order valence-electron chi connectivity index (χ0n) is 13.1. The SMILES string of the molecule is C[C@H](OC(=O)/C=C/c1ccc(F)cc1)C(=O)Nc1cc(Cl)cc(Cl)c1. The molecule has 0 spiro atoms. The van der Waals surface area contributed by atoms with Crippen LogP contribution < -0.4 is 5.32 Å². The molecule has 0 bridgehead atoms. The first-order chi connectivity index (χ1) is 11.8. The van der Waals surface area contributed by atoms with Crippen molar-refractivity contribution in [2.45, 2.75) is 13.0 Å². The van der Waals surface area contributed by atoms with Gasteiger partial charge in [-0.05, 0) is 48.9 Å². The number of hydrogen-bond donors (Lipinski definition) is 1. The Hall–Kier alpha value is -2.37. The standard InChI is InChI=1S/C18H14Cl2FNO3/c1-11(18(24)22-16-9-13(19)8-14(20)10-16)25-17(23)7-4-12-2-5-15(21)6-3-12/h2-11H,1H3,(H,22,24)/b7-4+/t11-/m0/s1. The lowest BCUT2D eigenvalue weighted by Crippen LogP contribution is -2.29. The molecule has 0 saturated heterocycles. The van der Waals surface area contributed by atoms with Gasteiger partial charge in [0, 0.05) is 21.8 Å². The van der Waals surface area contributed by atoms with E-state index in [-0.39, 0.29) is 5.82 Å². The Balaban J connectivity index is 1.91. The van der Waals surface area contributed by atoms with Gasteiger partial charge in [0.25, 0.3) is 5.91 Å². The molecular formula is C18H14Cl2FNO3. The molecule has 0 aliphatic heterocycles. The number of halogens is 3. The molecule has 0 aromatic heterocycles. The van der Waals surface area contributed by atoms with Crippen LogP contribution in [0.1, 0.15) is 12.5 Å². The maximum atomic E-state index is 12.8. The minimum absolute atomic E-state index is 0.369. The molecule has 130 valence electrons. The summed E-state index contributed by atoms with van der Waals surface area (Å²) >= 11 is 11.7. The molecule has 2 aromatic rings. The number of hydrogen-bond acceptors (Lipinski definition) is 3. The molecule has 0 fully saturated rings. The topological polar surface area (TPSA) is 55.4 Å². The molecule has 0 saturated carbocycles. The third kappa shape index (κ3) is 6.21. The molecule has 1 amide bonds. The first-order valence-electron chi connectivity index (χ1n) is 7.25. The smallest absolute Gasteiger partial charge is 0.331 e. The van der Waals surface area contributed by atoms with Crippen molar-refractivity contribution in [1.82, 2.24) is 0 Å². The van der Waals surface area contributed by atoms with E-state index in [1.54, 1.807) is 0 Å². The van der Waals surface area contributed by atoms with Crippen LogP contribution in [0.2, 0.25) is 10.0 Å². The van der Waals surface area contributed by atoms with E-state index in [1.807, 2.05) is 0 Å². The van der Waals surface area contributed by atoms with Gasteiger partial charge < -0.3 is 10.1 Å². The van der Waals surface area contributed by atoms with E-state index in [0.29, 0.717) is 21.3 Å². The molecule has 0 radical (unpaired) electrons. The number of amides is 1. The fraction of sp³-hybridized carbons (Fsp3) is 0.111. The third-order valence-electron chi connectivity index (χ3n) is 3.07. The predicted molar refractivity (Wildman–Crippen MR) is 96.1 cm³/mol. The van der Waals surface area contributed by atoms with Crippen LogP contribution in [0.25, 0.3) is 6.08 Å². The van der Waals surface area contributed by atoms with Gasteiger partial charge in [0.15, 0.2) is 6.10 Å². The summed E-state index contributed by atoms with van der Waals surface area (Å²) in [4.78, 5) is 23.8. The highest BCUT2D eigenvalue weighted by Gasteiger charge is 2.17. The molecule has 0 heterocycles. The van der Waals surface area contributed by atoms with E-state index < -0.39 is 18.0 Å². The predicted octanol–water partition coefficient (Wildman–Crippen LogP) is 4.72. The summed E-state index contributed by atoms with van der Waals surface area (Å²) in [6.07, 6.45) is 1.60. The van der Waals surface area contributed by atoms with Crippen LogP contribution in [0.4, 0.5) is 10.1 Å². The molecule has 0 aliphatic carbocycles. The number of ether oxygens (including phenoxy) is 1. The fourth-order valence-electron chi connectivity index (χ4n) is 1.88. The van der Waals surface area contributed by atoms with Gasteiger partial charge in [0.2, 0.25) is 0 Å². The molecule has 2 aromatic carbocycles. The summed E-state index contributed by atoms with van der Waals surface area (Å²) in [5, 5.41) is 3.30. The first-order valence-corrected chi connectivity index (χ1v) is 8.00. The molecular weight excluding hydrogens is 368 g/mol. The van der Waals surface area contributed by atoms with Gasteiger partial charge >= 0.3 is 5.97 Å². The Kier molecular flexibility index (Phi) is 6.56. The van der Waals surface area contributed by atoms with Gasteiger partial charge in [-0.15, -0.1) is 0 Å². The second kappa shape index (κ2) is 8.65. The summed E-state index contributed by atoms with van der Waals surface area (Å²) in [6, 6.07) is 10.1. The molecule has 4 nitrogen and oxygen atoms in total. The monoisotopic (exact) mass is 381 g/mol. The van der Waals surface area contributed by atoms with Crippen molar-refractivity contribution in [3.05, 3.63) is 70.0 Å². The van der Waals surface area contributed by atoms with Crippen molar-refractivity contribution in [2.75, 3.05) is 5.32 Å². The van der Waals surface area contributed by atoms with Crippen molar-refractivity contribution in [2.24, 2.45) is 0 Å². The van der Waals surface area contributed by atoms with Gasteiger partial charge in [0.05, 0.1) is 0 Å². The molecule has 1 atom stereocenters. The zero-order valence-corrected chi connectivity index (χ0v) is 14.6. The third-order valence-corrected chi connectivity index (χ3v) is 3.51. The molecule has 0 unspecified atom stereocenters. The Labute approximate surface area is 154 Å². The Bertz CT molecular complexity index is 786. The van der Waals surface area contributed by atoms with Crippen LogP contribution in [0, 0.1) is 5.82 Å². The van der Waals surface area contributed by atoms with E-state index in [0.717, 1.165) is 6.08 Å². The summed E-state index contributed by atoms with van der Waals surface area (Å²) < 4.78 is 17.8. The molecule has 25 heavy (non-hydrogen) atoms. The Morgan fingerprint density at radius 2 is 1.72 bits per heavy atom. The van der Waals surface area contributed by atoms with Crippen LogP contribution in [0.15, 0.2) is 48.5 Å². The van der Waals surface area contributed by atoms with Crippen LogP contribution in [0.5, 0.6) is 0 Å². The highest BCUT2D eigenvalue weighted by Crippen LogP contribution is 2.22. The number of nitrogens with one attached hydrogen (secondary N) is 1. The summed E-state index contributed by atoms with van der Waals surface area (Å²) in [7, 11) is 0. The molecule has 0 aliphatic rings. The summed E-state index contributed by atoms with van der Waals surface area (Å²) in [6.45, 7) is 1.44. The van der Waals surface area contributed by atoms with Crippen LogP contribution >= 0.6 is 23.2 Å². The van der Waals surface area contributed by atoms with E-state index in [1.165, 1.54) is 55.5 Å². The van der Waals surface area contributed by atoms with Crippen LogP contribution in [0.3, 0.4) is 0 Å². The second-order valence-corrected chi connectivity index (χ2v) is 5.98. The molecule has 1 N–H and O–H groups in total. The lowest BCUT2D eigenvalue weighted by atomic mass is 10.2. The fourth-order valence-corrected chi connectivity index (χ4v) is 2.40. The average molecular weight is 382 g/mol. The van der Waals surface area contributed by atoms with E-state index >= 15 is 0 Å². The number of anilines is 1. The van der Waals surface area contributed by atoms with Crippen molar-refractivity contribution >= 4 is 46.8 Å². The van der Waals surface area contributed by atoms with E-state index in [4.69, 9.17) is 27.9 Å². The lowest BCUT2D eigenvalue weighted by molar-refractivity contribution is -0.148. The Morgan fingerprint density at radius 3 is 2.32 bits per heavy atom. The Morgan fingerprint density at radius 1 is 1.12 bits per heavy atom. The van der Waals surface area contributed by atoms with Gasteiger partial charge in [0.1, 0.15) is 5.82 Å². The summed E-state index contributed by atoms with van der Waals surface area (Å²) in [5.74, 6) is -1.59. The maximum Gasteiger partial charge on any atom is 0.331 e. The number of rotatable bonds is 5. The van der Waals surface area contributed by atoms with Crippen molar-refractivity contribution in [3.8, 4) is 0 Å². The highest BCUT2D eigenvalue weighted by molar-refractivity contribution is 6.35. The number of carbonyl (C=O) groups is 2. The van der Waals surface area contributed by atoms with Crippen molar-refractivity contribution < 1.29 is 18.7 Å². The van der Waals surface area contributed by atoms with Gasteiger partial charge in [-0.3, -0.25) is 4.79 Å². The van der Waals surface area contributed by atoms with Gasteiger partial charge in [-0.25, -0.2) is 9.18 Å². The minimum atomic E-state index is -1.02. The van der Waals surface area contributed by atoms with E-state index in [2.05, 4.69) is 5.32 Å². The zero-order chi connectivity index (χ0) is 18.4. The maximum absolute atomic E-state index is 12.8. The van der Waals surface area contributed by atoms with Crippen molar-refractivity contribution in [3.63, 3.8) is 0 Å². The van der Waals surface area contributed by atoms with Crippen molar-refractivity contribution in [1.29, 1.82) is 0 Å². The summed E-state index contributed by atoms with van der Waals surface area (Å²) in [5.41, 5.74) is 1.02. The number of carbonyl (C=O) groups excluding carboxylic acids is 2. The minimum Gasteiger partial charge on any atom is -0.449 e. The van der Waals surface area contributed by atoms with Gasteiger partial charge in [-0.1, -0.05) is 35.3 Å². The largest absolute Gasteiger partial charge is 0.449 e. The normalized spacial score (nSPS) is 12.0. The first kappa shape index (κ1) is 19.0. The van der Waals surface area contributed by atoms with Gasteiger partial charge in [-0.2, -0.15) is 0 Å². The number of benzene rings is 2. The highest BCUT2D eigenvalue weighted by atomic mass is 35.5. The quantitative estimate of drug-likeness (QED) is 0.602. The van der Waals surface area contributed by atoms with Crippen LogP contribution in [-0.4, -0.2) is 18.0 Å². The van der Waals surface area contributed by atoms with E-state index in [9.17, 15) is 14.0 Å². The number of esters is 1. The van der Waals surface area contributed by atoms with Crippen LogP contribution in [-0.2, 0) is 14.3 Å². The molecule has 2 rings (SSSR count). The lowest BCUT2D eigenvalue weighted by Gasteiger charge is -2.12.